The summed E-state index contributed by atoms with van der Waals surface area (Å²) in [5.74, 6) is 0.194. The lowest BCUT2D eigenvalue weighted by atomic mass is 9.88. The molecule has 0 N–H and O–H groups in total. The SMILES string of the molecule is CC(=O)N1CCCN(C(=O)C[C@@H](c2ccccc2)c2ccc(Cl)cc2)CC1. The van der Waals surface area contributed by atoms with Crippen molar-refractivity contribution in [3.8, 4) is 0 Å². The van der Waals surface area contributed by atoms with E-state index in [0.29, 0.717) is 31.1 Å². The summed E-state index contributed by atoms with van der Waals surface area (Å²) in [5, 5.41) is 0.689. The van der Waals surface area contributed by atoms with Crippen molar-refractivity contribution in [2.24, 2.45) is 0 Å². The van der Waals surface area contributed by atoms with Crippen molar-refractivity contribution >= 4 is 23.4 Å². The van der Waals surface area contributed by atoms with Crippen molar-refractivity contribution < 1.29 is 9.59 Å². The molecular formula is C22H25ClN2O2. The third-order valence-corrected chi connectivity index (χ3v) is 5.40. The van der Waals surface area contributed by atoms with Gasteiger partial charge in [0.25, 0.3) is 0 Å². The van der Waals surface area contributed by atoms with E-state index in [4.69, 9.17) is 11.6 Å². The monoisotopic (exact) mass is 384 g/mol. The number of hydrogen-bond donors (Lipinski definition) is 0. The first kappa shape index (κ1) is 19.4. The average molecular weight is 385 g/mol. The zero-order valence-electron chi connectivity index (χ0n) is 15.6. The van der Waals surface area contributed by atoms with Gasteiger partial charge in [-0.1, -0.05) is 54.1 Å². The standard InChI is InChI=1S/C22H25ClN2O2/c1-17(26)24-12-5-13-25(15-14-24)22(27)16-21(18-6-3-2-4-7-18)19-8-10-20(23)11-9-19/h2-4,6-11,21H,5,12-16H2,1H3/t21-/m0/s1. The smallest absolute Gasteiger partial charge is 0.223 e. The quantitative estimate of drug-likeness (QED) is 0.801. The van der Waals surface area contributed by atoms with Gasteiger partial charge in [0.2, 0.25) is 11.8 Å². The summed E-state index contributed by atoms with van der Waals surface area (Å²) in [4.78, 5) is 28.4. The lowest BCUT2D eigenvalue weighted by Gasteiger charge is -2.25. The molecule has 0 unspecified atom stereocenters. The molecule has 1 aliphatic rings. The van der Waals surface area contributed by atoms with E-state index >= 15 is 0 Å². The summed E-state index contributed by atoms with van der Waals surface area (Å²) in [7, 11) is 0. The number of benzene rings is 2. The van der Waals surface area contributed by atoms with Crippen LogP contribution in [0.5, 0.6) is 0 Å². The normalized spacial score (nSPS) is 15.9. The van der Waals surface area contributed by atoms with Gasteiger partial charge in [-0.3, -0.25) is 9.59 Å². The van der Waals surface area contributed by atoms with E-state index in [0.717, 1.165) is 24.1 Å². The van der Waals surface area contributed by atoms with E-state index in [-0.39, 0.29) is 17.7 Å². The molecule has 1 fully saturated rings. The van der Waals surface area contributed by atoms with Gasteiger partial charge in [0.05, 0.1) is 0 Å². The fraction of sp³-hybridized carbons (Fsp3) is 0.364. The molecular weight excluding hydrogens is 360 g/mol. The molecule has 0 aliphatic carbocycles. The molecule has 1 saturated heterocycles. The van der Waals surface area contributed by atoms with Crippen LogP contribution in [0.2, 0.25) is 5.02 Å². The second kappa shape index (κ2) is 9.05. The lowest BCUT2D eigenvalue weighted by molar-refractivity contribution is -0.132. The minimum absolute atomic E-state index is 0.0110. The van der Waals surface area contributed by atoms with E-state index in [9.17, 15) is 9.59 Å². The number of rotatable bonds is 4. The van der Waals surface area contributed by atoms with Crippen molar-refractivity contribution in [1.82, 2.24) is 9.80 Å². The Hall–Kier alpha value is -2.33. The van der Waals surface area contributed by atoms with Crippen LogP contribution in [0.15, 0.2) is 54.6 Å². The number of carbonyl (C=O) groups excluding carboxylic acids is 2. The molecule has 142 valence electrons. The van der Waals surface area contributed by atoms with Gasteiger partial charge in [0.1, 0.15) is 0 Å². The first-order valence-corrected chi connectivity index (χ1v) is 9.76. The van der Waals surface area contributed by atoms with Crippen molar-refractivity contribution in [3.05, 3.63) is 70.7 Å². The minimum atomic E-state index is -0.0110. The predicted octanol–water partition coefficient (Wildman–Crippen LogP) is 3.94. The van der Waals surface area contributed by atoms with Gasteiger partial charge in [-0.25, -0.2) is 0 Å². The van der Waals surface area contributed by atoms with Crippen LogP contribution >= 0.6 is 11.6 Å². The van der Waals surface area contributed by atoms with Crippen LogP contribution in [0.1, 0.15) is 36.8 Å². The van der Waals surface area contributed by atoms with Gasteiger partial charge < -0.3 is 9.80 Å². The Morgan fingerprint density at radius 2 is 1.48 bits per heavy atom. The molecule has 2 aromatic carbocycles. The van der Waals surface area contributed by atoms with Crippen LogP contribution in [0, 0.1) is 0 Å². The van der Waals surface area contributed by atoms with Crippen molar-refractivity contribution in [1.29, 1.82) is 0 Å². The Morgan fingerprint density at radius 1 is 0.889 bits per heavy atom. The van der Waals surface area contributed by atoms with Crippen LogP contribution in [-0.4, -0.2) is 47.8 Å². The average Bonchev–Trinajstić information content (AvgIpc) is 2.94. The summed E-state index contributed by atoms with van der Waals surface area (Å²) in [6, 6.07) is 17.8. The van der Waals surface area contributed by atoms with Gasteiger partial charge in [-0.2, -0.15) is 0 Å². The number of nitrogens with zero attached hydrogens (tertiary/aromatic N) is 2. The lowest BCUT2D eigenvalue weighted by Crippen LogP contribution is -2.37. The van der Waals surface area contributed by atoms with Crippen molar-refractivity contribution in [3.63, 3.8) is 0 Å². The molecule has 4 nitrogen and oxygen atoms in total. The molecule has 2 amide bonds. The van der Waals surface area contributed by atoms with E-state index in [1.165, 1.54) is 0 Å². The first-order chi connectivity index (χ1) is 13.0. The Kier molecular flexibility index (Phi) is 6.51. The summed E-state index contributed by atoms with van der Waals surface area (Å²) in [6.07, 6.45) is 1.23. The highest BCUT2D eigenvalue weighted by atomic mass is 35.5. The summed E-state index contributed by atoms with van der Waals surface area (Å²) >= 11 is 6.04. The molecule has 5 heteroatoms. The highest BCUT2D eigenvalue weighted by molar-refractivity contribution is 6.30. The second-order valence-corrected chi connectivity index (χ2v) is 7.40. The highest BCUT2D eigenvalue weighted by Crippen LogP contribution is 2.29. The number of hydrogen-bond acceptors (Lipinski definition) is 2. The number of amides is 2. The van der Waals surface area contributed by atoms with Gasteiger partial charge >= 0.3 is 0 Å². The molecule has 0 aromatic heterocycles. The zero-order chi connectivity index (χ0) is 19.2. The molecule has 27 heavy (non-hydrogen) atoms. The molecule has 0 spiro atoms. The zero-order valence-corrected chi connectivity index (χ0v) is 16.4. The van der Waals surface area contributed by atoms with E-state index in [2.05, 4.69) is 12.1 Å². The van der Waals surface area contributed by atoms with Crippen LogP contribution in [-0.2, 0) is 9.59 Å². The maximum Gasteiger partial charge on any atom is 0.223 e. The molecule has 1 atom stereocenters. The van der Waals surface area contributed by atoms with Gasteiger partial charge in [-0.15, -0.1) is 0 Å². The van der Waals surface area contributed by atoms with E-state index in [1.807, 2.05) is 52.3 Å². The fourth-order valence-electron chi connectivity index (χ4n) is 3.59. The summed E-state index contributed by atoms with van der Waals surface area (Å²) < 4.78 is 0. The molecule has 0 radical (unpaired) electrons. The Labute approximate surface area is 165 Å². The predicted molar refractivity (Wildman–Crippen MR) is 108 cm³/mol. The molecule has 2 aromatic rings. The Morgan fingerprint density at radius 3 is 2.15 bits per heavy atom. The van der Waals surface area contributed by atoms with Crippen LogP contribution in [0.3, 0.4) is 0 Å². The van der Waals surface area contributed by atoms with Gasteiger partial charge in [0, 0.05) is 50.5 Å². The van der Waals surface area contributed by atoms with Gasteiger partial charge in [0.15, 0.2) is 0 Å². The number of carbonyl (C=O) groups is 2. The largest absolute Gasteiger partial charge is 0.341 e. The molecule has 0 bridgehead atoms. The summed E-state index contributed by atoms with van der Waals surface area (Å²) in [5.41, 5.74) is 2.20. The van der Waals surface area contributed by atoms with E-state index < -0.39 is 0 Å². The third kappa shape index (κ3) is 5.10. The molecule has 1 aliphatic heterocycles. The number of halogens is 1. The van der Waals surface area contributed by atoms with Crippen molar-refractivity contribution in [2.75, 3.05) is 26.2 Å². The first-order valence-electron chi connectivity index (χ1n) is 9.38. The maximum atomic E-state index is 13.0. The maximum absolute atomic E-state index is 13.0. The molecule has 1 heterocycles. The topological polar surface area (TPSA) is 40.6 Å². The highest BCUT2D eigenvalue weighted by Gasteiger charge is 2.24. The second-order valence-electron chi connectivity index (χ2n) is 6.96. The van der Waals surface area contributed by atoms with Crippen molar-refractivity contribution in [2.45, 2.75) is 25.7 Å². The Balaban J connectivity index is 1.76. The van der Waals surface area contributed by atoms with Gasteiger partial charge in [-0.05, 0) is 29.7 Å². The van der Waals surface area contributed by atoms with Crippen LogP contribution in [0.25, 0.3) is 0 Å². The third-order valence-electron chi connectivity index (χ3n) is 5.15. The molecule has 0 saturated carbocycles. The van der Waals surface area contributed by atoms with E-state index in [1.54, 1.807) is 6.92 Å². The minimum Gasteiger partial charge on any atom is -0.341 e. The van der Waals surface area contributed by atoms with Crippen LogP contribution in [0.4, 0.5) is 0 Å². The molecule has 3 rings (SSSR count). The fourth-order valence-corrected chi connectivity index (χ4v) is 3.72. The Bertz CT molecular complexity index is 777. The summed E-state index contributed by atoms with van der Waals surface area (Å²) in [6.45, 7) is 4.21. The van der Waals surface area contributed by atoms with Crippen LogP contribution < -0.4 is 0 Å².